The molecule has 1 aliphatic carbocycles. The summed E-state index contributed by atoms with van der Waals surface area (Å²) in [5.74, 6) is 0.502. The largest absolute Gasteiger partial charge is 0.497 e. The molecular formula is C26H28N4O5S. The van der Waals surface area contributed by atoms with Crippen LogP contribution in [0.2, 0.25) is 0 Å². The van der Waals surface area contributed by atoms with Crippen molar-refractivity contribution in [3.63, 3.8) is 0 Å². The van der Waals surface area contributed by atoms with Crippen LogP contribution < -0.4 is 20.9 Å². The number of methoxy groups -OCH3 is 1. The molecule has 2 aromatic rings. The molecule has 2 amide bonds. The first-order valence-corrected chi connectivity index (χ1v) is 13.7. The molecule has 1 atom stereocenters. The summed E-state index contributed by atoms with van der Waals surface area (Å²) >= 11 is 0. The van der Waals surface area contributed by atoms with E-state index in [1.165, 1.54) is 10.8 Å². The van der Waals surface area contributed by atoms with Gasteiger partial charge in [-0.1, -0.05) is 12.1 Å². The maximum absolute atomic E-state index is 13.3. The average molecular weight is 509 g/mol. The third-order valence-electron chi connectivity index (χ3n) is 6.67. The summed E-state index contributed by atoms with van der Waals surface area (Å²) in [5, 5.41) is 6.34. The van der Waals surface area contributed by atoms with E-state index in [2.05, 4.69) is 10.6 Å². The maximum atomic E-state index is 13.3. The number of nitrogens with one attached hydrogen (secondary N) is 2. The SMILES string of the molecule is COc1cccc(CNC(=O)N2C=C3C=C(CS(C)(=O)=O)c4ccn(C)c(=O)c4C4=C3C2CCN4)c1. The summed E-state index contributed by atoms with van der Waals surface area (Å²) in [7, 11) is -0.113. The van der Waals surface area contributed by atoms with Gasteiger partial charge in [-0.3, -0.25) is 9.69 Å². The van der Waals surface area contributed by atoms with Gasteiger partial charge in [0.25, 0.3) is 5.56 Å². The average Bonchev–Trinajstić information content (AvgIpc) is 3.15. The lowest BCUT2D eigenvalue weighted by Crippen LogP contribution is -2.44. The molecule has 0 spiro atoms. The van der Waals surface area contributed by atoms with E-state index in [1.54, 1.807) is 43.6 Å². The second-order valence-corrected chi connectivity index (χ2v) is 11.4. The number of sulfone groups is 1. The van der Waals surface area contributed by atoms with Crippen molar-refractivity contribution in [3.05, 3.63) is 87.0 Å². The molecule has 0 saturated heterocycles. The molecule has 2 N–H and O–H groups in total. The van der Waals surface area contributed by atoms with Crippen LogP contribution in [0.25, 0.3) is 11.3 Å². The number of aromatic nitrogens is 1. The minimum absolute atomic E-state index is 0.211. The second kappa shape index (κ2) is 9.02. The molecule has 36 heavy (non-hydrogen) atoms. The normalized spacial score (nSPS) is 18.4. The van der Waals surface area contributed by atoms with Crippen LogP contribution in [0.5, 0.6) is 5.75 Å². The molecular weight excluding hydrogens is 480 g/mol. The van der Waals surface area contributed by atoms with Gasteiger partial charge in [-0.2, -0.15) is 0 Å². The smallest absolute Gasteiger partial charge is 0.322 e. The Balaban J connectivity index is 1.55. The van der Waals surface area contributed by atoms with E-state index in [0.29, 0.717) is 47.7 Å². The van der Waals surface area contributed by atoms with Crippen LogP contribution in [0, 0.1) is 0 Å². The van der Waals surface area contributed by atoms with Gasteiger partial charge < -0.3 is 19.9 Å². The van der Waals surface area contributed by atoms with Crippen molar-refractivity contribution < 1.29 is 17.9 Å². The van der Waals surface area contributed by atoms with Crippen molar-refractivity contribution >= 4 is 27.1 Å². The highest BCUT2D eigenvalue weighted by Gasteiger charge is 2.40. The van der Waals surface area contributed by atoms with Crippen molar-refractivity contribution in [2.24, 2.45) is 7.05 Å². The van der Waals surface area contributed by atoms with E-state index >= 15 is 0 Å². The Kier molecular flexibility index (Phi) is 5.99. The number of benzene rings is 1. The lowest BCUT2D eigenvalue weighted by Gasteiger charge is -2.31. The van der Waals surface area contributed by atoms with Crippen LogP contribution in [0.15, 0.2) is 64.7 Å². The van der Waals surface area contributed by atoms with Crippen LogP contribution >= 0.6 is 0 Å². The molecule has 188 valence electrons. The number of hydrogen-bond donors (Lipinski definition) is 2. The van der Waals surface area contributed by atoms with Gasteiger partial charge in [-0.05, 0) is 53.0 Å². The van der Waals surface area contributed by atoms with Gasteiger partial charge >= 0.3 is 6.03 Å². The summed E-state index contributed by atoms with van der Waals surface area (Å²) in [4.78, 5) is 28.2. The lowest BCUT2D eigenvalue weighted by atomic mass is 9.92. The Morgan fingerprint density at radius 2 is 2.08 bits per heavy atom. The minimum atomic E-state index is -3.38. The topological polar surface area (TPSA) is 110 Å². The summed E-state index contributed by atoms with van der Waals surface area (Å²) in [6.07, 6.45) is 7.04. The number of carbonyl (C=O) groups is 1. The fourth-order valence-electron chi connectivity index (χ4n) is 5.06. The van der Waals surface area contributed by atoms with Gasteiger partial charge in [0.2, 0.25) is 0 Å². The fraction of sp³-hybridized carbons (Fsp3) is 0.308. The van der Waals surface area contributed by atoms with Crippen molar-refractivity contribution in [3.8, 4) is 5.75 Å². The van der Waals surface area contributed by atoms with E-state index in [4.69, 9.17) is 4.74 Å². The predicted molar refractivity (Wildman–Crippen MR) is 138 cm³/mol. The van der Waals surface area contributed by atoms with Crippen molar-refractivity contribution in [1.82, 2.24) is 20.1 Å². The second-order valence-electron chi connectivity index (χ2n) is 9.28. The number of amides is 2. The van der Waals surface area contributed by atoms with Crippen molar-refractivity contribution in [2.75, 3.05) is 25.7 Å². The molecule has 0 saturated carbocycles. The van der Waals surface area contributed by atoms with Gasteiger partial charge in [0, 0.05) is 44.4 Å². The molecule has 1 aromatic heterocycles. The molecule has 10 heteroatoms. The number of fused-ring (bicyclic) bond motifs is 2. The number of allylic oxidation sites excluding steroid dienone is 1. The van der Waals surface area contributed by atoms with Crippen LogP contribution in [-0.2, 0) is 23.4 Å². The monoisotopic (exact) mass is 508 g/mol. The summed E-state index contributed by atoms with van der Waals surface area (Å²) < 4.78 is 31.3. The number of ether oxygens (including phenoxy) is 1. The highest BCUT2D eigenvalue weighted by Crippen LogP contribution is 2.42. The van der Waals surface area contributed by atoms with Crippen molar-refractivity contribution in [1.29, 1.82) is 0 Å². The van der Waals surface area contributed by atoms with Crippen LogP contribution in [-0.4, -0.2) is 55.6 Å². The number of hydrogen-bond acceptors (Lipinski definition) is 6. The molecule has 0 bridgehead atoms. The highest BCUT2D eigenvalue weighted by atomic mass is 32.2. The van der Waals surface area contributed by atoms with Crippen LogP contribution in [0.1, 0.15) is 23.1 Å². The zero-order chi connectivity index (χ0) is 25.6. The standard InChI is InChI=1S/C26H28N4O5S/c1-29-10-8-20-18(15-36(3,33)34)12-17-14-30(21-7-9-27-24(22(17)21)23(20)25(29)31)26(32)28-13-16-5-4-6-19(11-16)35-2/h4-6,8,10-12,14,21,27H,7,9,13,15H2,1-3H3,(H,28,32). The summed E-state index contributed by atoms with van der Waals surface area (Å²) in [6, 6.07) is 8.73. The Labute approximate surface area is 209 Å². The maximum Gasteiger partial charge on any atom is 0.322 e. The number of aryl methyl sites for hydroxylation is 1. The molecule has 2 aliphatic heterocycles. The molecule has 3 heterocycles. The first kappa shape index (κ1) is 23.9. The lowest BCUT2D eigenvalue weighted by molar-refractivity contribution is 0.206. The van der Waals surface area contributed by atoms with Gasteiger partial charge in [-0.25, -0.2) is 13.2 Å². The van der Waals surface area contributed by atoms with Gasteiger partial charge in [0.1, 0.15) is 5.75 Å². The summed E-state index contributed by atoms with van der Waals surface area (Å²) in [5.41, 5.74) is 4.50. The summed E-state index contributed by atoms with van der Waals surface area (Å²) in [6.45, 7) is 0.897. The molecule has 3 aliphatic rings. The number of carbonyl (C=O) groups excluding carboxylic acids is 1. The van der Waals surface area contributed by atoms with Crippen molar-refractivity contribution in [2.45, 2.75) is 19.0 Å². The third kappa shape index (κ3) is 4.32. The number of nitrogens with zero attached hydrogens (tertiary/aromatic N) is 2. The molecule has 1 aromatic carbocycles. The number of urea groups is 1. The van der Waals surface area contributed by atoms with E-state index in [1.807, 2.05) is 24.3 Å². The highest BCUT2D eigenvalue weighted by molar-refractivity contribution is 7.91. The minimum Gasteiger partial charge on any atom is -0.497 e. The van der Waals surface area contributed by atoms with E-state index in [-0.39, 0.29) is 23.4 Å². The van der Waals surface area contributed by atoms with Crippen LogP contribution in [0.4, 0.5) is 4.79 Å². The predicted octanol–water partition coefficient (Wildman–Crippen LogP) is 2.02. The zero-order valence-electron chi connectivity index (χ0n) is 20.4. The van der Waals surface area contributed by atoms with Gasteiger partial charge in [0.15, 0.2) is 9.84 Å². The number of pyridine rings is 1. The van der Waals surface area contributed by atoms with E-state index < -0.39 is 9.84 Å². The Bertz CT molecular complexity index is 1520. The molecule has 0 fully saturated rings. The fourth-order valence-corrected chi connectivity index (χ4v) is 5.86. The van der Waals surface area contributed by atoms with Crippen LogP contribution in [0.3, 0.4) is 0 Å². The Morgan fingerprint density at radius 1 is 1.28 bits per heavy atom. The van der Waals surface area contributed by atoms with E-state index in [9.17, 15) is 18.0 Å². The first-order valence-electron chi connectivity index (χ1n) is 11.6. The molecule has 0 radical (unpaired) electrons. The molecule has 9 nitrogen and oxygen atoms in total. The first-order chi connectivity index (χ1) is 17.2. The van der Waals surface area contributed by atoms with Gasteiger partial charge in [-0.15, -0.1) is 0 Å². The molecule has 1 unspecified atom stereocenters. The molecule has 5 rings (SSSR count). The number of rotatable bonds is 5. The van der Waals surface area contributed by atoms with Gasteiger partial charge in [0.05, 0.1) is 30.2 Å². The quantitative estimate of drug-likeness (QED) is 0.640. The third-order valence-corrected chi connectivity index (χ3v) is 7.51. The Hall–Kier alpha value is -3.79. The Morgan fingerprint density at radius 3 is 2.83 bits per heavy atom. The van der Waals surface area contributed by atoms with E-state index in [0.717, 1.165) is 16.7 Å². The zero-order valence-corrected chi connectivity index (χ0v) is 21.2.